The van der Waals surface area contributed by atoms with Gasteiger partial charge in [-0.2, -0.15) is 0 Å². The molecule has 94 valence electrons. The number of alkyl halides is 1. The number of hydrogen-bond donors (Lipinski definition) is 0. The largest absolute Gasteiger partial charge is 0.0839 e. The van der Waals surface area contributed by atoms with Crippen LogP contribution in [0, 0.1) is 5.92 Å². The number of hydrogen-bond acceptors (Lipinski definition) is 0. The molecule has 5 rings (SSSR count). The predicted molar refractivity (Wildman–Crippen MR) is 80.6 cm³/mol. The van der Waals surface area contributed by atoms with E-state index in [1.807, 2.05) is 0 Å². The molecule has 0 heterocycles. The van der Waals surface area contributed by atoms with Crippen LogP contribution in [-0.2, 0) is 10.8 Å². The van der Waals surface area contributed by atoms with Gasteiger partial charge >= 0.3 is 0 Å². The van der Waals surface area contributed by atoms with E-state index in [2.05, 4.69) is 76.6 Å². The van der Waals surface area contributed by atoms with Crippen molar-refractivity contribution in [2.45, 2.75) is 28.0 Å². The Morgan fingerprint density at radius 3 is 1.95 bits per heavy atom. The molecule has 0 amide bonds. The second kappa shape index (κ2) is 2.98. The number of benzene rings is 2. The molecule has 19 heavy (non-hydrogen) atoms. The summed E-state index contributed by atoms with van der Waals surface area (Å²) in [6, 6.07) is 22.3. The zero-order chi connectivity index (χ0) is 12.7. The molecule has 0 aromatic heterocycles. The first-order valence-electron chi connectivity index (χ1n) is 7.06. The maximum absolute atomic E-state index is 4.07. The van der Waals surface area contributed by atoms with Crippen LogP contribution in [-0.4, -0.2) is 4.32 Å². The van der Waals surface area contributed by atoms with Gasteiger partial charge in [0.1, 0.15) is 0 Å². The molecule has 0 bridgehead atoms. The van der Waals surface area contributed by atoms with Crippen molar-refractivity contribution in [2.75, 3.05) is 0 Å². The highest BCUT2D eigenvalue weighted by Crippen LogP contribution is 2.96. The maximum atomic E-state index is 4.07. The van der Waals surface area contributed by atoms with E-state index in [0.717, 1.165) is 5.92 Å². The fraction of sp³-hybridized carbons (Fsp3) is 0.333. The van der Waals surface area contributed by atoms with Crippen LogP contribution in [0.25, 0.3) is 0 Å². The van der Waals surface area contributed by atoms with Gasteiger partial charge in [0.15, 0.2) is 0 Å². The Bertz CT molecular complexity index is 665. The molecule has 0 aliphatic heterocycles. The fourth-order valence-corrected chi connectivity index (χ4v) is 6.68. The molecule has 0 nitrogen and oxygen atoms in total. The molecule has 0 radical (unpaired) electrons. The zero-order valence-corrected chi connectivity index (χ0v) is 12.2. The third-order valence-electron chi connectivity index (χ3n) is 5.94. The van der Waals surface area contributed by atoms with Gasteiger partial charge in [-0.3, -0.25) is 0 Å². The van der Waals surface area contributed by atoms with Crippen LogP contribution in [0.15, 0.2) is 60.7 Å². The molecule has 0 N–H and O–H groups in total. The molecular weight excluding hydrogens is 296 g/mol. The van der Waals surface area contributed by atoms with Gasteiger partial charge in [0.25, 0.3) is 0 Å². The molecule has 2 aromatic carbocycles. The molecule has 0 saturated heterocycles. The van der Waals surface area contributed by atoms with E-state index in [-0.39, 0.29) is 0 Å². The van der Waals surface area contributed by atoms with Crippen LogP contribution in [0.1, 0.15) is 24.0 Å². The Kier molecular flexibility index (Phi) is 1.68. The monoisotopic (exact) mass is 310 g/mol. The number of halogens is 1. The topological polar surface area (TPSA) is 0 Å². The number of rotatable bonds is 2. The average Bonchev–Trinajstić information content (AvgIpc) is 3.33. The number of fused-ring (bicyclic) bond motifs is 4. The van der Waals surface area contributed by atoms with E-state index in [1.165, 1.54) is 18.4 Å². The van der Waals surface area contributed by atoms with Crippen molar-refractivity contribution in [1.82, 2.24) is 0 Å². The second-order valence-electron chi connectivity index (χ2n) is 6.40. The average molecular weight is 311 g/mol. The zero-order valence-electron chi connectivity index (χ0n) is 10.6. The third kappa shape index (κ3) is 0.922. The van der Waals surface area contributed by atoms with Crippen LogP contribution < -0.4 is 0 Å². The van der Waals surface area contributed by atoms with Crippen molar-refractivity contribution in [3.63, 3.8) is 0 Å². The summed E-state index contributed by atoms with van der Waals surface area (Å²) < 4.78 is 0.400. The van der Waals surface area contributed by atoms with Gasteiger partial charge in [-0.25, -0.2) is 0 Å². The van der Waals surface area contributed by atoms with E-state index in [9.17, 15) is 0 Å². The second-order valence-corrected chi connectivity index (χ2v) is 7.82. The molecule has 1 heteroatoms. The Morgan fingerprint density at radius 1 is 0.842 bits per heavy atom. The van der Waals surface area contributed by atoms with Gasteiger partial charge in [-0.15, -0.1) is 0 Å². The Morgan fingerprint density at radius 2 is 1.42 bits per heavy atom. The van der Waals surface area contributed by atoms with Gasteiger partial charge in [0.05, 0.1) is 0 Å². The van der Waals surface area contributed by atoms with E-state index in [0.29, 0.717) is 15.2 Å². The predicted octanol–water partition coefficient (Wildman–Crippen LogP) is 4.43. The Balaban J connectivity index is 1.69. The summed E-state index contributed by atoms with van der Waals surface area (Å²) in [6.07, 6.45) is 2.67. The van der Waals surface area contributed by atoms with Crippen LogP contribution in [0.2, 0.25) is 0 Å². The standard InChI is InChI=1S/C18H15Br/c19-18-12-17(18,14-9-5-2-6-10-14)16(11-15(16)18)13-7-3-1-4-8-13/h1-10,15H,11-12H2/t15-,16-,17+,18-/m1/s1. The molecule has 2 aromatic rings. The molecule has 3 aliphatic carbocycles. The van der Waals surface area contributed by atoms with Crippen molar-refractivity contribution < 1.29 is 0 Å². The van der Waals surface area contributed by atoms with Crippen LogP contribution in [0.4, 0.5) is 0 Å². The van der Waals surface area contributed by atoms with Crippen molar-refractivity contribution in [1.29, 1.82) is 0 Å². The molecule has 4 atom stereocenters. The molecule has 3 saturated carbocycles. The van der Waals surface area contributed by atoms with Crippen molar-refractivity contribution in [3.8, 4) is 0 Å². The van der Waals surface area contributed by atoms with Crippen molar-refractivity contribution in [3.05, 3.63) is 71.8 Å². The molecule has 3 fully saturated rings. The minimum atomic E-state index is 0.368. The minimum Gasteiger partial charge on any atom is -0.0839 e. The SMILES string of the molecule is Br[C@@]12C[C@]1(c1ccccc1)[C@@]1(c3ccccc3)C[C@@H]21. The summed E-state index contributed by atoms with van der Waals surface area (Å²) in [5.74, 6) is 0.850. The van der Waals surface area contributed by atoms with Crippen molar-refractivity contribution >= 4 is 15.9 Å². The summed E-state index contributed by atoms with van der Waals surface area (Å²) in [5, 5.41) is 0. The van der Waals surface area contributed by atoms with Crippen LogP contribution in [0.3, 0.4) is 0 Å². The lowest BCUT2D eigenvalue weighted by molar-refractivity contribution is 0.341. The molecule has 0 spiro atoms. The maximum Gasteiger partial charge on any atom is 0.0410 e. The lowest BCUT2D eigenvalue weighted by Gasteiger charge is -2.42. The minimum absolute atomic E-state index is 0.368. The highest BCUT2D eigenvalue weighted by atomic mass is 79.9. The fourth-order valence-electron chi connectivity index (χ4n) is 5.12. The van der Waals surface area contributed by atoms with E-state index in [4.69, 9.17) is 0 Å². The van der Waals surface area contributed by atoms with Crippen LogP contribution in [0.5, 0.6) is 0 Å². The molecule has 3 aliphatic rings. The summed E-state index contributed by atoms with van der Waals surface area (Å²) in [6.45, 7) is 0. The third-order valence-corrected chi connectivity index (χ3v) is 7.45. The van der Waals surface area contributed by atoms with Crippen molar-refractivity contribution in [2.24, 2.45) is 5.92 Å². The molecule has 0 unspecified atom stereocenters. The summed E-state index contributed by atoms with van der Waals surface area (Å²) in [5.41, 5.74) is 3.88. The first-order chi connectivity index (χ1) is 9.26. The van der Waals surface area contributed by atoms with Gasteiger partial charge in [-0.1, -0.05) is 76.6 Å². The normalized spacial score (nSPS) is 44.8. The van der Waals surface area contributed by atoms with Gasteiger partial charge < -0.3 is 0 Å². The van der Waals surface area contributed by atoms with E-state index >= 15 is 0 Å². The van der Waals surface area contributed by atoms with E-state index < -0.39 is 0 Å². The lowest BCUT2D eigenvalue weighted by atomic mass is 9.65. The first kappa shape index (κ1) is 10.7. The lowest BCUT2D eigenvalue weighted by Crippen LogP contribution is -2.45. The summed E-state index contributed by atoms with van der Waals surface area (Å²) in [4.78, 5) is 0. The quantitative estimate of drug-likeness (QED) is 0.720. The smallest absolute Gasteiger partial charge is 0.0410 e. The van der Waals surface area contributed by atoms with Gasteiger partial charge in [0.2, 0.25) is 0 Å². The van der Waals surface area contributed by atoms with Gasteiger partial charge in [0, 0.05) is 15.2 Å². The van der Waals surface area contributed by atoms with Gasteiger partial charge in [-0.05, 0) is 29.9 Å². The Labute approximate surface area is 122 Å². The Hall–Kier alpha value is -1.08. The van der Waals surface area contributed by atoms with E-state index in [1.54, 1.807) is 5.56 Å². The highest BCUT2D eigenvalue weighted by molar-refractivity contribution is 9.10. The highest BCUT2D eigenvalue weighted by Gasteiger charge is 2.98. The molecular formula is C18H15Br. The summed E-state index contributed by atoms with van der Waals surface area (Å²) >= 11 is 4.07. The van der Waals surface area contributed by atoms with Crippen LogP contribution >= 0.6 is 15.9 Å². The first-order valence-corrected chi connectivity index (χ1v) is 7.85. The summed E-state index contributed by atoms with van der Waals surface area (Å²) in [7, 11) is 0.